The molecule has 2 aromatic rings. The van der Waals surface area contributed by atoms with Gasteiger partial charge in [-0.1, -0.05) is 0 Å². The van der Waals surface area contributed by atoms with Crippen LogP contribution >= 0.6 is 0 Å². The summed E-state index contributed by atoms with van der Waals surface area (Å²) < 4.78 is 10.2. The molecule has 0 radical (unpaired) electrons. The Hall–Kier alpha value is -2.64. The summed E-state index contributed by atoms with van der Waals surface area (Å²) in [6.45, 7) is 3.35. The second kappa shape index (κ2) is 6.42. The molecule has 0 atom stereocenters. The highest BCUT2D eigenvalue weighted by Crippen LogP contribution is 2.19. The first kappa shape index (κ1) is 14.3. The first-order chi connectivity index (χ1) is 10.8. The van der Waals surface area contributed by atoms with Crippen molar-refractivity contribution < 1.29 is 9.47 Å². The summed E-state index contributed by atoms with van der Waals surface area (Å²) in [6.07, 6.45) is 4.89. The van der Waals surface area contributed by atoms with Gasteiger partial charge in [-0.2, -0.15) is 0 Å². The van der Waals surface area contributed by atoms with E-state index in [0.29, 0.717) is 11.6 Å². The predicted molar refractivity (Wildman–Crippen MR) is 81.6 cm³/mol. The number of ether oxygens (including phenoxy) is 2. The SMILES string of the molecule is COc1cnc(N2CCN(c3cc(OC)ncn3)CC2)nc1. The van der Waals surface area contributed by atoms with E-state index < -0.39 is 0 Å². The van der Waals surface area contributed by atoms with Crippen molar-refractivity contribution in [1.82, 2.24) is 19.9 Å². The summed E-state index contributed by atoms with van der Waals surface area (Å²) in [7, 11) is 3.21. The van der Waals surface area contributed by atoms with Crippen molar-refractivity contribution in [2.75, 3.05) is 50.2 Å². The van der Waals surface area contributed by atoms with Crippen molar-refractivity contribution in [3.05, 3.63) is 24.8 Å². The molecule has 1 fully saturated rings. The molecule has 1 aliphatic heterocycles. The first-order valence-electron chi connectivity index (χ1n) is 7.02. The second-order valence-corrected chi connectivity index (χ2v) is 4.82. The molecule has 0 saturated carbocycles. The standard InChI is InChI=1S/C14H18N6O2/c1-21-11-8-15-14(16-9-11)20-5-3-19(4-6-20)12-7-13(22-2)18-10-17-12/h7-10H,3-6H2,1-2H3. The van der Waals surface area contributed by atoms with Gasteiger partial charge in [-0.3, -0.25) is 0 Å². The minimum Gasteiger partial charge on any atom is -0.494 e. The molecule has 8 nitrogen and oxygen atoms in total. The zero-order chi connectivity index (χ0) is 15.4. The summed E-state index contributed by atoms with van der Waals surface area (Å²) in [5.74, 6) is 2.84. The minimum absolute atomic E-state index is 0.575. The lowest BCUT2D eigenvalue weighted by molar-refractivity contribution is 0.396. The molecular formula is C14H18N6O2. The van der Waals surface area contributed by atoms with E-state index in [1.807, 2.05) is 6.07 Å². The molecule has 0 unspecified atom stereocenters. The van der Waals surface area contributed by atoms with Crippen LogP contribution in [0, 0.1) is 0 Å². The van der Waals surface area contributed by atoms with Gasteiger partial charge in [0, 0.05) is 32.2 Å². The summed E-state index contributed by atoms with van der Waals surface area (Å²) in [5.41, 5.74) is 0. The summed E-state index contributed by atoms with van der Waals surface area (Å²) in [6, 6.07) is 1.85. The maximum atomic E-state index is 5.14. The highest BCUT2D eigenvalue weighted by Gasteiger charge is 2.20. The fourth-order valence-corrected chi connectivity index (χ4v) is 2.33. The molecule has 0 bridgehead atoms. The Labute approximate surface area is 128 Å². The van der Waals surface area contributed by atoms with Gasteiger partial charge < -0.3 is 19.3 Å². The van der Waals surface area contributed by atoms with Gasteiger partial charge in [0.1, 0.15) is 12.1 Å². The van der Waals surface area contributed by atoms with Crippen LogP contribution in [-0.2, 0) is 0 Å². The van der Waals surface area contributed by atoms with E-state index in [9.17, 15) is 0 Å². The fraction of sp³-hybridized carbons (Fsp3) is 0.429. The monoisotopic (exact) mass is 302 g/mol. The van der Waals surface area contributed by atoms with Gasteiger partial charge in [0.05, 0.1) is 26.6 Å². The van der Waals surface area contributed by atoms with Gasteiger partial charge in [0.15, 0.2) is 5.75 Å². The molecule has 22 heavy (non-hydrogen) atoms. The number of anilines is 2. The zero-order valence-electron chi connectivity index (χ0n) is 12.6. The fourth-order valence-electron chi connectivity index (χ4n) is 2.33. The first-order valence-corrected chi connectivity index (χ1v) is 7.02. The average Bonchev–Trinajstić information content (AvgIpc) is 2.62. The predicted octanol–water partition coefficient (Wildman–Crippen LogP) is 0.610. The lowest BCUT2D eigenvalue weighted by Crippen LogP contribution is -2.47. The van der Waals surface area contributed by atoms with E-state index in [-0.39, 0.29) is 0 Å². The quantitative estimate of drug-likeness (QED) is 0.813. The van der Waals surface area contributed by atoms with E-state index in [2.05, 4.69) is 29.7 Å². The Morgan fingerprint density at radius 2 is 1.55 bits per heavy atom. The van der Waals surface area contributed by atoms with Crippen molar-refractivity contribution in [2.24, 2.45) is 0 Å². The zero-order valence-corrected chi connectivity index (χ0v) is 12.6. The number of hydrogen-bond donors (Lipinski definition) is 0. The summed E-state index contributed by atoms with van der Waals surface area (Å²) >= 11 is 0. The molecular weight excluding hydrogens is 284 g/mol. The van der Waals surface area contributed by atoms with Gasteiger partial charge in [0.25, 0.3) is 0 Å². The Balaban J connectivity index is 1.64. The van der Waals surface area contributed by atoms with E-state index in [1.54, 1.807) is 26.6 Å². The maximum absolute atomic E-state index is 5.14. The molecule has 0 N–H and O–H groups in total. The highest BCUT2D eigenvalue weighted by molar-refractivity contribution is 5.44. The van der Waals surface area contributed by atoms with E-state index in [0.717, 1.165) is 37.9 Å². The van der Waals surface area contributed by atoms with Crippen LogP contribution in [-0.4, -0.2) is 60.3 Å². The van der Waals surface area contributed by atoms with Crippen molar-refractivity contribution in [1.29, 1.82) is 0 Å². The number of nitrogens with zero attached hydrogens (tertiary/aromatic N) is 6. The lowest BCUT2D eigenvalue weighted by Gasteiger charge is -2.35. The highest BCUT2D eigenvalue weighted by atomic mass is 16.5. The summed E-state index contributed by atoms with van der Waals surface area (Å²) in [5, 5.41) is 0. The van der Waals surface area contributed by atoms with Crippen LogP contribution in [0.1, 0.15) is 0 Å². The number of aromatic nitrogens is 4. The van der Waals surface area contributed by atoms with E-state index >= 15 is 0 Å². The number of piperazine rings is 1. The van der Waals surface area contributed by atoms with E-state index in [1.165, 1.54) is 6.33 Å². The number of rotatable bonds is 4. The third-order valence-corrected chi connectivity index (χ3v) is 3.57. The van der Waals surface area contributed by atoms with Crippen LogP contribution < -0.4 is 19.3 Å². The molecule has 0 amide bonds. The minimum atomic E-state index is 0.575. The number of hydrogen-bond acceptors (Lipinski definition) is 8. The third kappa shape index (κ3) is 3.00. The molecule has 3 rings (SSSR count). The van der Waals surface area contributed by atoms with Crippen molar-refractivity contribution in [2.45, 2.75) is 0 Å². The van der Waals surface area contributed by atoms with Crippen LogP contribution in [0.2, 0.25) is 0 Å². The topological polar surface area (TPSA) is 76.5 Å². The van der Waals surface area contributed by atoms with Crippen LogP contribution in [0.4, 0.5) is 11.8 Å². The molecule has 1 saturated heterocycles. The van der Waals surface area contributed by atoms with Crippen LogP contribution in [0.25, 0.3) is 0 Å². The third-order valence-electron chi connectivity index (χ3n) is 3.57. The van der Waals surface area contributed by atoms with Crippen LogP contribution in [0.5, 0.6) is 11.6 Å². The Morgan fingerprint density at radius 1 is 0.864 bits per heavy atom. The second-order valence-electron chi connectivity index (χ2n) is 4.82. The Bertz CT molecular complexity index is 613. The molecule has 3 heterocycles. The Morgan fingerprint density at radius 3 is 2.18 bits per heavy atom. The van der Waals surface area contributed by atoms with Crippen LogP contribution in [0.3, 0.4) is 0 Å². The van der Waals surface area contributed by atoms with Gasteiger partial charge in [-0.05, 0) is 0 Å². The lowest BCUT2D eigenvalue weighted by atomic mass is 10.3. The van der Waals surface area contributed by atoms with Crippen molar-refractivity contribution >= 4 is 11.8 Å². The molecule has 2 aromatic heterocycles. The smallest absolute Gasteiger partial charge is 0.225 e. The average molecular weight is 302 g/mol. The van der Waals surface area contributed by atoms with Crippen molar-refractivity contribution in [3.8, 4) is 11.6 Å². The number of methoxy groups -OCH3 is 2. The Kier molecular flexibility index (Phi) is 4.17. The molecule has 0 aliphatic carbocycles. The molecule has 1 aliphatic rings. The van der Waals surface area contributed by atoms with Crippen LogP contribution in [0.15, 0.2) is 24.8 Å². The van der Waals surface area contributed by atoms with Gasteiger partial charge in [-0.15, -0.1) is 0 Å². The maximum Gasteiger partial charge on any atom is 0.225 e. The van der Waals surface area contributed by atoms with Gasteiger partial charge in [0.2, 0.25) is 11.8 Å². The largest absolute Gasteiger partial charge is 0.494 e. The molecule has 0 aromatic carbocycles. The summed E-state index contributed by atoms with van der Waals surface area (Å²) in [4.78, 5) is 21.3. The van der Waals surface area contributed by atoms with Gasteiger partial charge >= 0.3 is 0 Å². The normalized spacial score (nSPS) is 14.8. The van der Waals surface area contributed by atoms with Crippen molar-refractivity contribution in [3.63, 3.8) is 0 Å². The molecule has 8 heteroatoms. The molecule has 116 valence electrons. The van der Waals surface area contributed by atoms with Gasteiger partial charge in [-0.25, -0.2) is 19.9 Å². The van der Waals surface area contributed by atoms with E-state index in [4.69, 9.17) is 9.47 Å². The molecule has 0 spiro atoms.